The highest BCUT2D eigenvalue weighted by molar-refractivity contribution is 9.10. The smallest absolute Gasteiger partial charge is 0.206 e. The van der Waals surface area contributed by atoms with E-state index < -0.39 is 9.84 Å². The van der Waals surface area contributed by atoms with Crippen molar-refractivity contribution in [3.05, 3.63) is 58.6 Å². The molecule has 0 spiro atoms. The summed E-state index contributed by atoms with van der Waals surface area (Å²) in [5.74, 6) is 0. The van der Waals surface area contributed by atoms with Crippen molar-refractivity contribution in [2.24, 2.45) is 5.73 Å². The molecule has 5 heteroatoms. The van der Waals surface area contributed by atoms with Crippen LogP contribution in [0.15, 0.2) is 62.8 Å². The Hall–Kier alpha value is -1.17. The van der Waals surface area contributed by atoms with Crippen LogP contribution < -0.4 is 5.73 Å². The van der Waals surface area contributed by atoms with Gasteiger partial charge in [-0.05, 0) is 35.9 Å². The van der Waals surface area contributed by atoms with Gasteiger partial charge in [0, 0.05) is 11.0 Å². The molecular weight excluding hydrogens is 314 g/mol. The molecule has 2 N–H and O–H groups in total. The van der Waals surface area contributed by atoms with Crippen LogP contribution in [-0.4, -0.2) is 8.42 Å². The lowest BCUT2D eigenvalue weighted by molar-refractivity contribution is 0.596. The Balaban J connectivity index is 2.58. The van der Waals surface area contributed by atoms with Crippen molar-refractivity contribution < 1.29 is 8.42 Å². The van der Waals surface area contributed by atoms with Gasteiger partial charge < -0.3 is 5.73 Å². The van der Waals surface area contributed by atoms with Crippen molar-refractivity contribution >= 4 is 25.8 Å². The third-order valence-electron chi connectivity index (χ3n) is 2.53. The van der Waals surface area contributed by atoms with E-state index in [-0.39, 0.29) is 9.79 Å². The minimum Gasteiger partial charge on any atom is -0.326 e. The van der Waals surface area contributed by atoms with Crippen LogP contribution in [0.4, 0.5) is 0 Å². The number of nitrogens with two attached hydrogens (primary N) is 1. The monoisotopic (exact) mass is 325 g/mol. The first-order valence-electron chi connectivity index (χ1n) is 5.34. The molecule has 0 aliphatic heterocycles. The molecule has 0 saturated carbocycles. The van der Waals surface area contributed by atoms with Gasteiger partial charge in [-0.25, -0.2) is 8.42 Å². The maximum absolute atomic E-state index is 12.4. The van der Waals surface area contributed by atoms with E-state index in [0.29, 0.717) is 11.0 Å². The number of hydrogen-bond acceptors (Lipinski definition) is 3. The van der Waals surface area contributed by atoms with Gasteiger partial charge in [-0.3, -0.25) is 0 Å². The third-order valence-corrected chi connectivity index (χ3v) is 4.74. The molecule has 2 aromatic rings. The van der Waals surface area contributed by atoms with Gasteiger partial charge in [0.1, 0.15) is 0 Å². The lowest BCUT2D eigenvalue weighted by Gasteiger charge is -2.07. The van der Waals surface area contributed by atoms with Crippen molar-refractivity contribution in [3.8, 4) is 0 Å². The molecule has 0 atom stereocenters. The molecule has 0 aliphatic carbocycles. The molecule has 0 saturated heterocycles. The van der Waals surface area contributed by atoms with E-state index in [0.717, 1.165) is 5.56 Å². The summed E-state index contributed by atoms with van der Waals surface area (Å²) in [6.07, 6.45) is 0. The molecule has 2 aromatic carbocycles. The summed E-state index contributed by atoms with van der Waals surface area (Å²) < 4.78 is 25.5. The topological polar surface area (TPSA) is 60.2 Å². The summed E-state index contributed by atoms with van der Waals surface area (Å²) >= 11 is 3.30. The maximum atomic E-state index is 12.4. The molecule has 0 bridgehead atoms. The summed E-state index contributed by atoms with van der Waals surface area (Å²) in [6, 6.07) is 13.4. The predicted octanol–water partition coefficient (Wildman–Crippen LogP) is 2.74. The number of hydrogen-bond donors (Lipinski definition) is 1. The van der Waals surface area contributed by atoms with E-state index in [1.165, 1.54) is 0 Å². The van der Waals surface area contributed by atoms with Gasteiger partial charge in [-0.15, -0.1) is 0 Å². The molecule has 0 fully saturated rings. The third kappa shape index (κ3) is 2.63. The Bertz CT molecular complexity index is 654. The van der Waals surface area contributed by atoms with E-state index in [1.54, 1.807) is 42.5 Å². The number of benzene rings is 2. The van der Waals surface area contributed by atoms with Gasteiger partial charge in [-0.2, -0.15) is 0 Å². The first kappa shape index (κ1) is 13.3. The van der Waals surface area contributed by atoms with Gasteiger partial charge in [0.2, 0.25) is 9.84 Å². The van der Waals surface area contributed by atoms with Gasteiger partial charge in [0.25, 0.3) is 0 Å². The van der Waals surface area contributed by atoms with Gasteiger partial charge in [-0.1, -0.05) is 34.1 Å². The fraction of sp³-hybridized carbons (Fsp3) is 0.0769. The van der Waals surface area contributed by atoms with Crippen LogP contribution in [0.5, 0.6) is 0 Å². The molecule has 0 radical (unpaired) electrons. The standard InChI is InChI=1S/C13H12BrNO2S/c14-11-6-10(9-15)7-13(8-11)18(16,17)12-4-2-1-3-5-12/h1-8H,9,15H2. The molecule has 0 aromatic heterocycles. The Morgan fingerprint density at radius 1 is 1.00 bits per heavy atom. The molecule has 2 rings (SSSR count). The largest absolute Gasteiger partial charge is 0.326 e. The van der Waals surface area contributed by atoms with E-state index in [1.807, 2.05) is 6.07 Å². The predicted molar refractivity (Wildman–Crippen MR) is 73.9 cm³/mol. The molecule has 0 heterocycles. The Kier molecular flexibility index (Phi) is 3.85. The normalized spacial score (nSPS) is 11.4. The molecule has 18 heavy (non-hydrogen) atoms. The van der Waals surface area contributed by atoms with Gasteiger partial charge >= 0.3 is 0 Å². The zero-order chi connectivity index (χ0) is 13.2. The highest BCUT2D eigenvalue weighted by Crippen LogP contribution is 2.25. The lowest BCUT2D eigenvalue weighted by Crippen LogP contribution is -2.04. The first-order chi connectivity index (χ1) is 8.54. The highest BCUT2D eigenvalue weighted by atomic mass is 79.9. The zero-order valence-electron chi connectivity index (χ0n) is 9.51. The Morgan fingerprint density at radius 3 is 2.28 bits per heavy atom. The Labute approximate surface area is 115 Å². The SMILES string of the molecule is NCc1cc(Br)cc(S(=O)(=O)c2ccccc2)c1. The summed E-state index contributed by atoms with van der Waals surface area (Å²) in [6.45, 7) is 0.302. The van der Waals surface area contributed by atoms with Crippen molar-refractivity contribution in [1.29, 1.82) is 0 Å². The highest BCUT2D eigenvalue weighted by Gasteiger charge is 2.18. The summed E-state index contributed by atoms with van der Waals surface area (Å²) in [5.41, 5.74) is 6.33. The van der Waals surface area contributed by atoms with Crippen molar-refractivity contribution in [1.82, 2.24) is 0 Å². The minimum absolute atomic E-state index is 0.253. The maximum Gasteiger partial charge on any atom is 0.206 e. The zero-order valence-corrected chi connectivity index (χ0v) is 11.9. The van der Waals surface area contributed by atoms with Crippen molar-refractivity contribution in [2.45, 2.75) is 16.3 Å². The quantitative estimate of drug-likeness (QED) is 0.943. The second-order valence-electron chi connectivity index (χ2n) is 3.82. The second kappa shape index (κ2) is 5.22. The number of rotatable bonds is 3. The lowest BCUT2D eigenvalue weighted by atomic mass is 10.2. The van der Waals surface area contributed by atoms with Crippen LogP contribution in [0, 0.1) is 0 Å². The van der Waals surface area contributed by atoms with Crippen LogP contribution in [0.2, 0.25) is 0 Å². The van der Waals surface area contributed by atoms with E-state index in [2.05, 4.69) is 15.9 Å². The van der Waals surface area contributed by atoms with Crippen molar-refractivity contribution in [3.63, 3.8) is 0 Å². The average Bonchev–Trinajstić information content (AvgIpc) is 2.39. The summed E-state index contributed by atoms with van der Waals surface area (Å²) in [4.78, 5) is 0.537. The second-order valence-corrected chi connectivity index (χ2v) is 6.68. The molecule has 0 amide bonds. The summed E-state index contributed by atoms with van der Waals surface area (Å²) in [5, 5.41) is 0. The van der Waals surface area contributed by atoms with E-state index in [4.69, 9.17) is 5.73 Å². The van der Waals surface area contributed by atoms with Crippen LogP contribution in [0.25, 0.3) is 0 Å². The molecule has 0 unspecified atom stereocenters. The molecular formula is C13H12BrNO2S. The summed E-state index contributed by atoms with van der Waals surface area (Å²) in [7, 11) is -3.48. The first-order valence-corrected chi connectivity index (χ1v) is 7.61. The Morgan fingerprint density at radius 2 is 1.67 bits per heavy atom. The van der Waals surface area contributed by atoms with Crippen LogP contribution >= 0.6 is 15.9 Å². The van der Waals surface area contributed by atoms with E-state index in [9.17, 15) is 8.42 Å². The van der Waals surface area contributed by atoms with Crippen molar-refractivity contribution in [2.75, 3.05) is 0 Å². The van der Waals surface area contributed by atoms with Crippen LogP contribution in [0.3, 0.4) is 0 Å². The molecule has 0 aliphatic rings. The van der Waals surface area contributed by atoms with Gasteiger partial charge in [0.15, 0.2) is 0 Å². The fourth-order valence-electron chi connectivity index (χ4n) is 1.63. The van der Waals surface area contributed by atoms with Crippen LogP contribution in [-0.2, 0) is 16.4 Å². The number of sulfone groups is 1. The molecule has 94 valence electrons. The van der Waals surface area contributed by atoms with Crippen LogP contribution in [0.1, 0.15) is 5.56 Å². The van der Waals surface area contributed by atoms with E-state index >= 15 is 0 Å². The molecule has 3 nitrogen and oxygen atoms in total. The minimum atomic E-state index is -3.48. The fourth-order valence-corrected chi connectivity index (χ4v) is 3.70. The average molecular weight is 326 g/mol. The van der Waals surface area contributed by atoms with Gasteiger partial charge in [0.05, 0.1) is 9.79 Å². The number of halogens is 1.